The fourth-order valence-electron chi connectivity index (χ4n) is 12.1. The van der Waals surface area contributed by atoms with Gasteiger partial charge in [-0.25, -0.2) is 4.79 Å². The molecular weight excluding hydrogens is 761 g/mol. The van der Waals surface area contributed by atoms with E-state index in [0.29, 0.717) is 60.8 Å². The Kier molecular flexibility index (Phi) is 10.7. The van der Waals surface area contributed by atoms with Gasteiger partial charge in [-0.3, -0.25) is 9.59 Å². The summed E-state index contributed by atoms with van der Waals surface area (Å²) >= 11 is 0. The number of phenols is 2. The average Bonchev–Trinajstić information content (AvgIpc) is 3.74. The minimum absolute atomic E-state index is 0.0643. The van der Waals surface area contributed by atoms with E-state index in [0.717, 1.165) is 30.4 Å². The predicted octanol–water partition coefficient (Wildman–Crippen LogP) is 6.75. The number of benzene rings is 3. The van der Waals surface area contributed by atoms with E-state index >= 15 is 4.79 Å². The van der Waals surface area contributed by atoms with Gasteiger partial charge in [-0.2, -0.15) is 0 Å². The highest BCUT2D eigenvalue weighted by molar-refractivity contribution is 5.89. The SMILES string of the molecule is CCC1CCC2C3Cc4cccc(c4)C4(CCCC4)C(O)C=C4CC(c5cc(O)cc(CO)c5)C#CC5CC(=O)Oc6cc(O)c(cc65)CC(OC4=O)C1(O)C2CCC3=O. The number of carbonyl (C=O) groups is 3. The molecule has 10 bridgehead atoms. The van der Waals surface area contributed by atoms with Gasteiger partial charge in [-0.15, -0.1) is 0 Å². The molecule has 0 radical (unpaired) electrons. The van der Waals surface area contributed by atoms with E-state index in [1.807, 2.05) is 19.1 Å². The van der Waals surface area contributed by atoms with Crippen molar-refractivity contribution in [3.05, 3.63) is 99.6 Å². The molecule has 9 rings (SSSR count). The molecule has 3 heterocycles. The molecule has 3 aromatic rings. The van der Waals surface area contributed by atoms with Crippen LogP contribution < -0.4 is 4.74 Å². The number of Topliss-reactive ketones (excluding diaryl/α,β-unsaturated/α-hetero) is 1. The van der Waals surface area contributed by atoms with Crippen molar-refractivity contribution in [2.24, 2.45) is 23.7 Å². The smallest absolute Gasteiger partial charge is 0.334 e. The maximum absolute atomic E-state index is 15.3. The summed E-state index contributed by atoms with van der Waals surface area (Å²) in [6.07, 6.45) is 5.36. The number of aliphatic hydroxyl groups is 3. The topological polar surface area (TPSA) is 171 Å². The molecule has 3 fully saturated rings. The summed E-state index contributed by atoms with van der Waals surface area (Å²) in [6, 6.07) is 16.0. The molecular formula is C50H54O10. The first-order valence-corrected chi connectivity index (χ1v) is 21.9. The predicted molar refractivity (Wildman–Crippen MR) is 221 cm³/mol. The molecule has 3 aliphatic carbocycles. The quantitative estimate of drug-likeness (QED) is 0.108. The molecule has 0 amide bonds. The highest BCUT2D eigenvalue weighted by atomic mass is 16.6. The first-order chi connectivity index (χ1) is 28.9. The van der Waals surface area contributed by atoms with Crippen LogP contribution in [-0.4, -0.2) is 61.1 Å². The maximum atomic E-state index is 15.3. The molecule has 0 saturated heterocycles. The number of esters is 2. The summed E-state index contributed by atoms with van der Waals surface area (Å²) in [5.41, 5.74) is 1.68. The van der Waals surface area contributed by atoms with Crippen LogP contribution in [0.2, 0.25) is 0 Å². The normalized spacial score (nSPS) is 32.1. The van der Waals surface area contributed by atoms with Crippen molar-refractivity contribution >= 4 is 17.7 Å². The number of phenolic OH excluding ortho intramolecular Hbond substituents is 2. The van der Waals surface area contributed by atoms with Crippen molar-refractivity contribution in [2.45, 2.75) is 132 Å². The highest BCUT2D eigenvalue weighted by Crippen LogP contribution is 2.55. The van der Waals surface area contributed by atoms with E-state index in [2.05, 4.69) is 24.0 Å². The zero-order valence-electron chi connectivity index (χ0n) is 34.1. The fourth-order valence-corrected chi connectivity index (χ4v) is 12.1. The molecule has 10 heteroatoms. The second-order valence-corrected chi connectivity index (χ2v) is 18.3. The second kappa shape index (κ2) is 15.8. The van der Waals surface area contributed by atoms with Gasteiger partial charge >= 0.3 is 11.9 Å². The summed E-state index contributed by atoms with van der Waals surface area (Å²) < 4.78 is 12.3. The van der Waals surface area contributed by atoms with Gasteiger partial charge in [-0.1, -0.05) is 68.4 Å². The first kappa shape index (κ1) is 40.5. The highest BCUT2D eigenvalue weighted by Gasteiger charge is 2.59. The van der Waals surface area contributed by atoms with E-state index in [1.54, 1.807) is 18.2 Å². The van der Waals surface area contributed by atoms with E-state index in [1.165, 1.54) is 18.2 Å². The van der Waals surface area contributed by atoms with Crippen molar-refractivity contribution in [3.63, 3.8) is 0 Å². The maximum Gasteiger partial charge on any atom is 0.334 e. The van der Waals surface area contributed by atoms with Gasteiger partial charge in [0.05, 0.1) is 25.0 Å². The van der Waals surface area contributed by atoms with Crippen LogP contribution in [0.25, 0.3) is 0 Å². The Hall–Kier alpha value is -4.95. The third-order valence-corrected chi connectivity index (χ3v) is 15.2. The average molecular weight is 815 g/mol. The Morgan fingerprint density at radius 2 is 1.68 bits per heavy atom. The summed E-state index contributed by atoms with van der Waals surface area (Å²) in [6.45, 7) is 1.67. The Balaban J connectivity index is 1.30. The lowest BCUT2D eigenvalue weighted by Crippen LogP contribution is -2.63. The molecule has 3 aliphatic heterocycles. The van der Waals surface area contributed by atoms with Crippen molar-refractivity contribution < 1.29 is 49.4 Å². The van der Waals surface area contributed by atoms with Gasteiger partial charge < -0.3 is 35.0 Å². The number of ketones is 1. The molecule has 9 unspecified atom stereocenters. The third kappa shape index (κ3) is 7.02. The van der Waals surface area contributed by atoms with Gasteiger partial charge in [0.15, 0.2) is 0 Å². The van der Waals surface area contributed by atoms with Gasteiger partial charge in [0.25, 0.3) is 0 Å². The van der Waals surface area contributed by atoms with Crippen LogP contribution in [0.4, 0.5) is 0 Å². The van der Waals surface area contributed by atoms with Crippen molar-refractivity contribution in [3.8, 4) is 29.1 Å². The van der Waals surface area contributed by atoms with Crippen LogP contribution in [0.5, 0.6) is 17.2 Å². The van der Waals surface area contributed by atoms with E-state index in [9.17, 15) is 35.1 Å². The molecule has 0 aromatic heterocycles. The molecule has 5 N–H and O–H groups in total. The first-order valence-electron chi connectivity index (χ1n) is 21.9. The second-order valence-electron chi connectivity index (χ2n) is 18.3. The molecule has 60 heavy (non-hydrogen) atoms. The Labute approximate surface area is 350 Å². The van der Waals surface area contributed by atoms with Crippen molar-refractivity contribution in [1.82, 2.24) is 0 Å². The van der Waals surface area contributed by atoms with Crippen LogP contribution in [0.3, 0.4) is 0 Å². The van der Waals surface area contributed by atoms with Crippen LogP contribution in [0, 0.1) is 35.5 Å². The lowest BCUT2D eigenvalue weighted by molar-refractivity contribution is -0.212. The number of hydrogen-bond donors (Lipinski definition) is 5. The minimum atomic E-state index is -1.60. The number of aromatic hydroxyl groups is 2. The molecule has 314 valence electrons. The Bertz CT molecular complexity index is 2310. The standard InChI is InChI=1S/C50H54O10/c1-2-35-10-11-38-40-19-28-6-5-7-36(17-28)49(14-3-4-15-49)45(55)23-34-20-30(32-16-29(27-51)18-37(52)21-32)8-9-31-25-47(56)59-44-26-43(54)33(22-39(31)44)24-46(60-48(34)57)50(35,58)41(38)12-13-42(40)53/h5-7,16-18,21-23,26,30-31,35,38,40-41,45-46,51-52,54-55,58H,2-4,10-15,19-20,24-25,27H2,1H3. The van der Waals surface area contributed by atoms with Gasteiger partial charge in [0.1, 0.15) is 34.7 Å². The van der Waals surface area contributed by atoms with E-state index < -0.39 is 52.9 Å². The molecule has 9 atom stereocenters. The van der Waals surface area contributed by atoms with Crippen LogP contribution in [-0.2, 0) is 44.0 Å². The zero-order chi connectivity index (χ0) is 41.9. The molecule has 1 spiro atoms. The van der Waals surface area contributed by atoms with Crippen molar-refractivity contribution in [1.29, 1.82) is 0 Å². The molecule has 3 aromatic carbocycles. The van der Waals surface area contributed by atoms with Crippen LogP contribution in [0.1, 0.15) is 123 Å². The number of carbonyl (C=O) groups excluding carboxylic acids is 3. The lowest BCUT2D eigenvalue weighted by atomic mass is 9.53. The molecule has 10 nitrogen and oxygen atoms in total. The summed E-state index contributed by atoms with van der Waals surface area (Å²) in [5.74, 6) is 2.75. The monoisotopic (exact) mass is 814 g/mol. The number of fused-ring (bicyclic) bond motifs is 8. The third-order valence-electron chi connectivity index (χ3n) is 15.2. The fraction of sp³-hybridized carbons (Fsp3) is 0.500. The van der Waals surface area contributed by atoms with Crippen LogP contribution in [0.15, 0.2) is 66.2 Å². The summed E-state index contributed by atoms with van der Waals surface area (Å²) in [4.78, 5) is 42.3. The summed E-state index contributed by atoms with van der Waals surface area (Å²) in [5, 5.41) is 58.7. The molecule has 3 saturated carbocycles. The Morgan fingerprint density at radius 3 is 2.47 bits per heavy atom. The summed E-state index contributed by atoms with van der Waals surface area (Å²) in [7, 11) is 0. The van der Waals surface area contributed by atoms with Crippen LogP contribution >= 0.6 is 0 Å². The van der Waals surface area contributed by atoms with Gasteiger partial charge in [0.2, 0.25) is 0 Å². The van der Waals surface area contributed by atoms with E-state index in [4.69, 9.17) is 9.47 Å². The zero-order valence-corrected chi connectivity index (χ0v) is 34.1. The van der Waals surface area contributed by atoms with E-state index in [-0.39, 0.29) is 78.6 Å². The molecule has 6 aliphatic rings. The number of ether oxygens (including phenoxy) is 2. The lowest BCUT2D eigenvalue weighted by Gasteiger charge is -2.56. The van der Waals surface area contributed by atoms with Gasteiger partial charge in [-0.05, 0) is 115 Å². The van der Waals surface area contributed by atoms with Crippen molar-refractivity contribution in [2.75, 3.05) is 0 Å². The number of aliphatic hydroxyl groups excluding tert-OH is 2. The number of rotatable bonds is 3. The number of hydrogen-bond acceptors (Lipinski definition) is 10. The minimum Gasteiger partial charge on any atom is -0.508 e. The largest absolute Gasteiger partial charge is 0.508 e. The van der Waals surface area contributed by atoms with Gasteiger partial charge in [0, 0.05) is 47.3 Å². The Morgan fingerprint density at radius 1 is 0.883 bits per heavy atom.